The molecule has 0 heterocycles. The third-order valence-electron chi connectivity index (χ3n) is 0. The van der Waals surface area contributed by atoms with Gasteiger partial charge in [0.1, 0.15) is 0 Å². The standard InChI is InChI=1S/2BO2.Zr/c2*2-1-3;/q2*-2;+4. The molecule has 4 nitrogen and oxygen atoms in total. The Morgan fingerprint density at radius 1 is 0.714 bits per heavy atom. The van der Waals surface area contributed by atoms with Crippen LogP contribution < -0.4 is 20.1 Å². The van der Waals surface area contributed by atoms with Gasteiger partial charge in [-0.05, 0) is 0 Å². The third kappa shape index (κ3) is 222. The first kappa shape index (κ1) is 15.7. The molecule has 0 saturated heterocycles. The van der Waals surface area contributed by atoms with Crippen molar-refractivity contribution in [1.29, 1.82) is 0 Å². The van der Waals surface area contributed by atoms with Gasteiger partial charge in [0.25, 0.3) is 0 Å². The number of hydrogen-bond acceptors (Lipinski definition) is 4. The maximum absolute atomic E-state index is 8.25. The van der Waals surface area contributed by atoms with Crippen LogP contribution in [-0.4, -0.2) is 15.4 Å². The summed E-state index contributed by atoms with van der Waals surface area (Å²) in [5, 5.41) is 33.0. The van der Waals surface area contributed by atoms with Crippen LogP contribution in [0.5, 0.6) is 0 Å². The summed E-state index contributed by atoms with van der Waals surface area (Å²) in [5.41, 5.74) is 0. The molecule has 0 aromatic heterocycles. The maximum atomic E-state index is 8.25. The monoisotopic (exact) mass is 176 g/mol. The largest absolute Gasteiger partial charge is 4.00 e. The first-order valence-electron chi connectivity index (χ1n) is 0.943. The van der Waals surface area contributed by atoms with Gasteiger partial charge in [-0.15, -0.1) is 0 Å². The van der Waals surface area contributed by atoms with Crippen LogP contribution in [0.1, 0.15) is 0 Å². The Morgan fingerprint density at radius 2 is 0.714 bits per heavy atom. The summed E-state index contributed by atoms with van der Waals surface area (Å²) in [6.07, 6.45) is 0. The molecule has 0 aromatic rings. The molecule has 0 amide bonds. The van der Waals surface area contributed by atoms with Gasteiger partial charge in [-0.25, -0.2) is 15.4 Å². The van der Waals surface area contributed by atoms with E-state index in [1.165, 1.54) is 0 Å². The van der Waals surface area contributed by atoms with Crippen molar-refractivity contribution in [1.82, 2.24) is 0 Å². The van der Waals surface area contributed by atoms with Crippen LogP contribution in [0, 0.1) is 0 Å². The zero-order valence-electron chi connectivity index (χ0n) is 3.29. The molecule has 0 aliphatic rings. The van der Waals surface area contributed by atoms with E-state index in [9.17, 15) is 0 Å². The van der Waals surface area contributed by atoms with Crippen LogP contribution in [-0.2, 0) is 26.2 Å². The van der Waals surface area contributed by atoms with Gasteiger partial charge in [-0.1, -0.05) is 0 Å². The Hall–Kier alpha value is 0.853. The summed E-state index contributed by atoms with van der Waals surface area (Å²) >= 11 is 0. The van der Waals surface area contributed by atoms with Gasteiger partial charge in [-0.2, -0.15) is 0 Å². The first-order chi connectivity index (χ1) is 2.83. The van der Waals surface area contributed by atoms with Crippen molar-refractivity contribution in [2.45, 2.75) is 0 Å². The fourth-order valence-electron chi connectivity index (χ4n) is 0. The SMILES string of the molecule is [O-][B][O-].[O-][B][O-].[Zr+4]. The van der Waals surface area contributed by atoms with Gasteiger partial charge < -0.3 is 20.1 Å². The van der Waals surface area contributed by atoms with Crippen LogP contribution in [0.4, 0.5) is 0 Å². The summed E-state index contributed by atoms with van der Waals surface area (Å²) in [7, 11) is -1.00. The van der Waals surface area contributed by atoms with Crippen molar-refractivity contribution in [3.63, 3.8) is 0 Å². The zero-order valence-corrected chi connectivity index (χ0v) is 5.75. The Morgan fingerprint density at radius 3 is 0.714 bits per heavy atom. The average molecular weight is 177 g/mol. The second-order valence-electron chi connectivity index (χ2n) is 0.192. The molecule has 0 aliphatic heterocycles. The van der Waals surface area contributed by atoms with Gasteiger partial charge in [0.2, 0.25) is 0 Å². The summed E-state index contributed by atoms with van der Waals surface area (Å²) < 4.78 is 0. The second-order valence-corrected chi connectivity index (χ2v) is 0.192. The molecule has 0 saturated carbocycles. The molecule has 0 N–H and O–H groups in total. The topological polar surface area (TPSA) is 92.2 Å². The van der Waals surface area contributed by atoms with E-state index in [1.807, 2.05) is 0 Å². The van der Waals surface area contributed by atoms with E-state index < -0.39 is 15.4 Å². The van der Waals surface area contributed by atoms with Gasteiger partial charge in [0, 0.05) is 0 Å². The molecule has 0 atom stereocenters. The van der Waals surface area contributed by atoms with E-state index >= 15 is 0 Å². The second kappa shape index (κ2) is 28.8. The zero-order chi connectivity index (χ0) is 5.41. The molecule has 0 bridgehead atoms. The molecular formula is B2O4Zr. The van der Waals surface area contributed by atoms with Crippen molar-refractivity contribution in [3.8, 4) is 0 Å². The van der Waals surface area contributed by atoms with E-state index in [0.717, 1.165) is 0 Å². The smallest absolute Gasteiger partial charge is 0.900 e. The van der Waals surface area contributed by atoms with E-state index in [4.69, 9.17) is 20.1 Å². The van der Waals surface area contributed by atoms with Gasteiger partial charge in [0.05, 0.1) is 0 Å². The minimum Gasteiger partial charge on any atom is -0.900 e. The minimum atomic E-state index is -0.500. The fourth-order valence-corrected chi connectivity index (χ4v) is 0. The van der Waals surface area contributed by atoms with Crippen molar-refractivity contribution in [3.05, 3.63) is 0 Å². The van der Waals surface area contributed by atoms with Gasteiger partial charge >= 0.3 is 26.2 Å². The minimum absolute atomic E-state index is 0. The van der Waals surface area contributed by atoms with Crippen molar-refractivity contribution in [2.75, 3.05) is 0 Å². The molecule has 7 heteroatoms. The molecular weight excluding hydrogens is 177 g/mol. The summed E-state index contributed by atoms with van der Waals surface area (Å²) in [6.45, 7) is 0. The number of hydrogen-bond donors (Lipinski definition) is 0. The van der Waals surface area contributed by atoms with E-state index in [0.29, 0.717) is 0 Å². The van der Waals surface area contributed by atoms with Crippen LogP contribution in [0.15, 0.2) is 0 Å². The van der Waals surface area contributed by atoms with Crippen molar-refractivity contribution < 1.29 is 46.3 Å². The third-order valence-corrected chi connectivity index (χ3v) is 0. The predicted octanol–water partition coefficient (Wildman–Crippen LogP) is -5.52. The van der Waals surface area contributed by atoms with Crippen LogP contribution in [0.3, 0.4) is 0 Å². The maximum Gasteiger partial charge on any atom is 4.00 e. The Kier molecular flexibility index (Phi) is 64.5. The average Bonchev–Trinajstić information content (AvgIpc) is 1.39. The molecule has 0 spiro atoms. The molecule has 34 valence electrons. The van der Waals surface area contributed by atoms with Crippen LogP contribution in [0.25, 0.3) is 0 Å². The Balaban J connectivity index is -0.0000000400. The van der Waals surface area contributed by atoms with E-state index in [2.05, 4.69) is 0 Å². The van der Waals surface area contributed by atoms with E-state index in [-0.39, 0.29) is 26.2 Å². The van der Waals surface area contributed by atoms with Crippen LogP contribution in [0.2, 0.25) is 0 Å². The van der Waals surface area contributed by atoms with Gasteiger partial charge in [-0.3, -0.25) is 0 Å². The summed E-state index contributed by atoms with van der Waals surface area (Å²) in [4.78, 5) is 0. The quantitative estimate of drug-likeness (QED) is 0.345. The molecule has 0 aliphatic carbocycles. The van der Waals surface area contributed by atoms with E-state index in [1.54, 1.807) is 0 Å². The van der Waals surface area contributed by atoms with Crippen molar-refractivity contribution in [2.24, 2.45) is 0 Å². The van der Waals surface area contributed by atoms with Crippen molar-refractivity contribution >= 4 is 15.4 Å². The fraction of sp³-hybridized carbons (Fsp3) is 0. The summed E-state index contributed by atoms with van der Waals surface area (Å²) in [6, 6.07) is 0. The Labute approximate surface area is 61.9 Å². The van der Waals surface area contributed by atoms with Crippen LogP contribution >= 0.6 is 0 Å². The molecule has 0 rings (SSSR count). The molecule has 0 aromatic carbocycles. The first-order valence-corrected chi connectivity index (χ1v) is 0.943. The molecule has 2 radical (unpaired) electrons. The molecule has 0 fully saturated rings. The normalized spacial score (nSPS) is 4.00. The molecule has 7 heavy (non-hydrogen) atoms. The summed E-state index contributed by atoms with van der Waals surface area (Å²) in [5.74, 6) is 0. The Bertz CT molecular complexity index is 11.7. The number of rotatable bonds is 0. The predicted molar refractivity (Wildman–Crippen MR) is 11.5 cm³/mol. The molecule has 0 unspecified atom stereocenters. The van der Waals surface area contributed by atoms with Gasteiger partial charge in [0.15, 0.2) is 0 Å².